The molecule has 1 aromatic carbocycles. The first-order chi connectivity index (χ1) is 8.74. The summed E-state index contributed by atoms with van der Waals surface area (Å²) >= 11 is 5.84. The minimum atomic E-state index is 0.114. The highest BCUT2D eigenvalue weighted by molar-refractivity contribution is 6.30. The zero-order valence-electron chi connectivity index (χ0n) is 10.5. The lowest BCUT2D eigenvalue weighted by molar-refractivity contribution is 0.402. The van der Waals surface area contributed by atoms with Gasteiger partial charge in [-0.3, -0.25) is 0 Å². The Morgan fingerprint density at radius 2 is 1.94 bits per heavy atom. The molecule has 1 aromatic heterocycles. The second-order valence-electron chi connectivity index (χ2n) is 3.97. The third-order valence-corrected chi connectivity index (χ3v) is 2.94. The quantitative estimate of drug-likeness (QED) is 0.900. The van der Waals surface area contributed by atoms with Crippen molar-refractivity contribution in [2.75, 3.05) is 6.54 Å². The number of nitrogens with zero attached hydrogens (tertiary/aromatic N) is 2. The molecule has 18 heavy (non-hydrogen) atoms. The van der Waals surface area contributed by atoms with Gasteiger partial charge in [-0.05, 0) is 37.2 Å². The van der Waals surface area contributed by atoms with Gasteiger partial charge in [-0.25, -0.2) is 0 Å². The lowest BCUT2D eigenvalue weighted by Gasteiger charge is -2.09. The van der Waals surface area contributed by atoms with Gasteiger partial charge in [0.15, 0.2) is 0 Å². The Bertz CT molecular complexity index is 495. The Balaban J connectivity index is 2.21. The van der Waals surface area contributed by atoms with Gasteiger partial charge in [-0.15, -0.1) is 10.2 Å². The fourth-order valence-electron chi connectivity index (χ4n) is 1.74. The highest BCUT2D eigenvalue weighted by atomic mass is 35.5. The molecule has 1 heterocycles. The normalized spacial score (nSPS) is 12.6. The lowest BCUT2D eigenvalue weighted by Crippen LogP contribution is -2.20. The zero-order chi connectivity index (χ0) is 13.0. The third kappa shape index (κ3) is 2.89. The average Bonchev–Trinajstić information content (AvgIpc) is 2.86. The van der Waals surface area contributed by atoms with E-state index in [4.69, 9.17) is 16.0 Å². The number of aromatic nitrogens is 2. The Morgan fingerprint density at radius 1 is 1.22 bits per heavy atom. The van der Waals surface area contributed by atoms with Crippen molar-refractivity contribution in [3.8, 4) is 11.5 Å². The summed E-state index contributed by atoms with van der Waals surface area (Å²) < 4.78 is 5.69. The molecule has 0 spiro atoms. The molecule has 0 aliphatic rings. The standard InChI is InChI=1S/C13H16ClN3O/c1-3-11(15-4-2)13-17-16-12(18-13)9-5-7-10(14)8-6-9/h5-8,11,15H,3-4H2,1-2H3. The van der Waals surface area contributed by atoms with Crippen molar-refractivity contribution >= 4 is 11.6 Å². The van der Waals surface area contributed by atoms with Crippen LogP contribution in [0.5, 0.6) is 0 Å². The predicted molar refractivity (Wildman–Crippen MR) is 71.5 cm³/mol. The molecule has 0 saturated heterocycles. The van der Waals surface area contributed by atoms with Crippen LogP contribution in [-0.4, -0.2) is 16.7 Å². The largest absolute Gasteiger partial charge is 0.419 e. The van der Waals surface area contributed by atoms with E-state index in [2.05, 4.69) is 29.4 Å². The topological polar surface area (TPSA) is 51.0 Å². The van der Waals surface area contributed by atoms with Crippen molar-refractivity contribution in [2.45, 2.75) is 26.3 Å². The van der Waals surface area contributed by atoms with Crippen LogP contribution in [0.25, 0.3) is 11.5 Å². The summed E-state index contributed by atoms with van der Waals surface area (Å²) in [6, 6.07) is 7.47. The molecule has 4 nitrogen and oxygen atoms in total. The maximum absolute atomic E-state index is 5.84. The number of nitrogens with one attached hydrogen (secondary N) is 1. The highest BCUT2D eigenvalue weighted by Crippen LogP contribution is 2.23. The summed E-state index contributed by atoms with van der Waals surface area (Å²) in [4.78, 5) is 0. The van der Waals surface area contributed by atoms with E-state index in [1.807, 2.05) is 24.3 Å². The van der Waals surface area contributed by atoms with Crippen molar-refractivity contribution in [1.29, 1.82) is 0 Å². The van der Waals surface area contributed by atoms with Gasteiger partial charge in [-0.1, -0.05) is 25.4 Å². The van der Waals surface area contributed by atoms with E-state index in [1.165, 1.54) is 0 Å². The Hall–Kier alpha value is -1.39. The van der Waals surface area contributed by atoms with Crippen LogP contribution in [0.4, 0.5) is 0 Å². The molecule has 0 aliphatic carbocycles. The molecule has 2 aromatic rings. The minimum Gasteiger partial charge on any atom is -0.419 e. The Labute approximate surface area is 111 Å². The third-order valence-electron chi connectivity index (χ3n) is 2.69. The Morgan fingerprint density at radius 3 is 2.56 bits per heavy atom. The van der Waals surface area contributed by atoms with Gasteiger partial charge in [0.2, 0.25) is 11.8 Å². The molecular formula is C13H16ClN3O. The smallest absolute Gasteiger partial charge is 0.247 e. The van der Waals surface area contributed by atoms with E-state index in [0.717, 1.165) is 18.5 Å². The summed E-state index contributed by atoms with van der Waals surface area (Å²) in [5.41, 5.74) is 0.879. The predicted octanol–water partition coefficient (Wildman–Crippen LogP) is 3.45. The van der Waals surface area contributed by atoms with Crippen LogP contribution in [-0.2, 0) is 0 Å². The van der Waals surface area contributed by atoms with Crippen LogP contribution in [0.3, 0.4) is 0 Å². The molecule has 0 saturated carbocycles. The van der Waals surface area contributed by atoms with Crippen molar-refractivity contribution in [2.24, 2.45) is 0 Å². The minimum absolute atomic E-state index is 0.114. The van der Waals surface area contributed by atoms with Crippen molar-refractivity contribution in [1.82, 2.24) is 15.5 Å². The maximum atomic E-state index is 5.84. The molecule has 96 valence electrons. The molecule has 1 N–H and O–H groups in total. The second-order valence-corrected chi connectivity index (χ2v) is 4.41. The molecule has 1 atom stereocenters. The van der Waals surface area contributed by atoms with E-state index in [9.17, 15) is 0 Å². The molecule has 0 fully saturated rings. The van der Waals surface area contributed by atoms with Crippen LogP contribution in [0, 0.1) is 0 Å². The van der Waals surface area contributed by atoms with Crippen LogP contribution in [0.2, 0.25) is 5.02 Å². The fourth-order valence-corrected chi connectivity index (χ4v) is 1.86. The molecule has 0 radical (unpaired) electrons. The van der Waals surface area contributed by atoms with Gasteiger partial charge < -0.3 is 9.73 Å². The first-order valence-electron chi connectivity index (χ1n) is 6.07. The van der Waals surface area contributed by atoms with Gasteiger partial charge in [0.05, 0.1) is 6.04 Å². The lowest BCUT2D eigenvalue weighted by atomic mass is 10.2. The van der Waals surface area contributed by atoms with E-state index >= 15 is 0 Å². The summed E-state index contributed by atoms with van der Waals surface area (Å²) in [6.45, 7) is 5.01. The first kappa shape index (κ1) is 13.1. The number of hydrogen-bond donors (Lipinski definition) is 1. The first-order valence-corrected chi connectivity index (χ1v) is 6.45. The number of benzene rings is 1. The summed E-state index contributed by atoms with van der Waals surface area (Å²) in [7, 11) is 0. The van der Waals surface area contributed by atoms with E-state index in [1.54, 1.807) is 0 Å². The van der Waals surface area contributed by atoms with Gasteiger partial charge in [0.1, 0.15) is 0 Å². The monoisotopic (exact) mass is 265 g/mol. The van der Waals surface area contributed by atoms with Crippen LogP contribution < -0.4 is 5.32 Å². The van der Waals surface area contributed by atoms with Gasteiger partial charge in [-0.2, -0.15) is 0 Å². The van der Waals surface area contributed by atoms with Crippen molar-refractivity contribution < 1.29 is 4.42 Å². The average molecular weight is 266 g/mol. The highest BCUT2D eigenvalue weighted by Gasteiger charge is 2.16. The van der Waals surface area contributed by atoms with Gasteiger partial charge >= 0.3 is 0 Å². The zero-order valence-corrected chi connectivity index (χ0v) is 11.2. The second kappa shape index (κ2) is 5.98. The molecular weight excluding hydrogens is 250 g/mol. The van der Waals surface area contributed by atoms with E-state index < -0.39 is 0 Å². The fraction of sp³-hybridized carbons (Fsp3) is 0.385. The summed E-state index contributed by atoms with van der Waals surface area (Å²) in [6.07, 6.45) is 0.913. The Kier molecular flexibility index (Phi) is 4.33. The summed E-state index contributed by atoms with van der Waals surface area (Å²) in [5, 5.41) is 12.2. The van der Waals surface area contributed by atoms with E-state index in [-0.39, 0.29) is 6.04 Å². The summed E-state index contributed by atoms with van der Waals surface area (Å²) in [5.74, 6) is 1.15. The van der Waals surface area contributed by atoms with Crippen molar-refractivity contribution in [3.63, 3.8) is 0 Å². The van der Waals surface area contributed by atoms with Crippen LogP contribution in [0.1, 0.15) is 32.2 Å². The van der Waals surface area contributed by atoms with Gasteiger partial charge in [0, 0.05) is 10.6 Å². The molecule has 2 rings (SSSR count). The molecule has 0 aliphatic heterocycles. The SMILES string of the molecule is CCNC(CC)c1nnc(-c2ccc(Cl)cc2)o1. The number of hydrogen-bond acceptors (Lipinski definition) is 4. The van der Waals surface area contributed by atoms with E-state index in [0.29, 0.717) is 16.8 Å². The molecule has 0 amide bonds. The number of rotatable bonds is 5. The van der Waals surface area contributed by atoms with Crippen LogP contribution in [0.15, 0.2) is 28.7 Å². The maximum Gasteiger partial charge on any atom is 0.247 e. The van der Waals surface area contributed by atoms with Gasteiger partial charge in [0.25, 0.3) is 0 Å². The molecule has 0 bridgehead atoms. The molecule has 1 unspecified atom stereocenters. The van der Waals surface area contributed by atoms with Crippen molar-refractivity contribution in [3.05, 3.63) is 35.2 Å². The number of halogens is 1. The van der Waals surface area contributed by atoms with Crippen LogP contribution >= 0.6 is 11.6 Å². The molecule has 5 heteroatoms.